The van der Waals surface area contributed by atoms with Gasteiger partial charge in [0.15, 0.2) is 0 Å². The Morgan fingerprint density at radius 1 is 0.844 bits per heavy atom. The molecule has 1 aliphatic heterocycles. The summed E-state index contributed by atoms with van der Waals surface area (Å²) in [5.74, 6) is 1.05. The highest BCUT2D eigenvalue weighted by Crippen LogP contribution is 2.41. The van der Waals surface area contributed by atoms with Crippen LogP contribution in [0.25, 0.3) is 22.5 Å². The molecule has 0 saturated carbocycles. The van der Waals surface area contributed by atoms with Crippen molar-refractivity contribution < 1.29 is 19.1 Å². The number of Topliss-reactive ketones (excluding diaryl/α,β-unsaturated/α-hetero) is 1. The third-order valence-electron chi connectivity index (χ3n) is 8.15. The highest BCUT2D eigenvalue weighted by atomic mass is 16.5. The number of hydrogen-bond donors (Lipinski definition) is 1. The Morgan fingerprint density at radius 2 is 1.58 bits per heavy atom. The van der Waals surface area contributed by atoms with E-state index in [1.54, 1.807) is 4.90 Å². The molecule has 9 heteroatoms. The van der Waals surface area contributed by atoms with Crippen molar-refractivity contribution in [1.82, 2.24) is 20.3 Å². The fourth-order valence-corrected chi connectivity index (χ4v) is 5.58. The van der Waals surface area contributed by atoms with Crippen LogP contribution in [-0.4, -0.2) is 52.3 Å². The highest BCUT2D eigenvalue weighted by molar-refractivity contribution is 6.01. The second kappa shape index (κ2) is 17.0. The lowest BCUT2D eigenvalue weighted by molar-refractivity contribution is -0.125. The fraction of sp³-hybridized carbons (Fsp3) is 0.528. The Bertz CT molecular complexity index is 1430. The zero-order chi connectivity index (χ0) is 32.2. The molecule has 0 unspecified atom stereocenters. The summed E-state index contributed by atoms with van der Waals surface area (Å²) in [5.41, 5.74) is 5.40. The van der Waals surface area contributed by atoms with Crippen molar-refractivity contribution in [2.75, 3.05) is 24.7 Å². The molecule has 0 spiro atoms. The van der Waals surface area contributed by atoms with Gasteiger partial charge in [0, 0.05) is 49.9 Å². The predicted molar refractivity (Wildman–Crippen MR) is 178 cm³/mol. The van der Waals surface area contributed by atoms with Gasteiger partial charge in [-0.15, -0.1) is 5.10 Å². The second-order valence-electron chi connectivity index (χ2n) is 12.7. The molecule has 2 amide bonds. The molecule has 1 aliphatic rings. The number of ketones is 1. The molecular formula is C36H49N5O4. The lowest BCUT2D eigenvalue weighted by Crippen LogP contribution is -2.34. The van der Waals surface area contributed by atoms with Crippen molar-refractivity contribution in [3.05, 3.63) is 54.1 Å². The molecule has 4 rings (SSSR count). The number of aryl methyl sites for hydroxylation is 1. The van der Waals surface area contributed by atoms with Crippen LogP contribution in [0.15, 0.2) is 48.5 Å². The van der Waals surface area contributed by atoms with E-state index in [9.17, 15) is 14.4 Å². The Labute approximate surface area is 267 Å². The first-order chi connectivity index (χ1) is 21.7. The van der Waals surface area contributed by atoms with Gasteiger partial charge in [-0.2, -0.15) is 0 Å². The number of nitrogens with zero attached hydrogens (tertiary/aromatic N) is 4. The van der Waals surface area contributed by atoms with Gasteiger partial charge in [0.1, 0.15) is 11.5 Å². The number of fused-ring (bicyclic) bond motifs is 5. The maximum atomic E-state index is 13.8. The molecule has 1 N–H and O–H groups in total. The van der Waals surface area contributed by atoms with Crippen LogP contribution in [0.3, 0.4) is 0 Å². The number of benzene rings is 2. The number of anilines is 1. The molecule has 242 valence electrons. The summed E-state index contributed by atoms with van der Waals surface area (Å²) in [6.45, 7) is 10.8. The molecule has 0 aliphatic carbocycles. The van der Waals surface area contributed by atoms with Gasteiger partial charge in [-0.1, -0.05) is 88.2 Å². The minimum Gasteiger partial charge on any atom is -0.379 e. The summed E-state index contributed by atoms with van der Waals surface area (Å²) in [4.78, 5) is 40.1. The normalized spacial score (nSPS) is 12.4. The van der Waals surface area contributed by atoms with Crippen molar-refractivity contribution in [2.45, 2.75) is 92.2 Å². The molecule has 1 aromatic heterocycles. The van der Waals surface area contributed by atoms with Gasteiger partial charge in [-0.25, -0.2) is 4.68 Å². The van der Waals surface area contributed by atoms with Crippen LogP contribution in [0.1, 0.15) is 84.6 Å². The zero-order valence-corrected chi connectivity index (χ0v) is 27.4. The molecule has 3 aromatic rings. The largest absolute Gasteiger partial charge is 0.379 e. The van der Waals surface area contributed by atoms with E-state index in [0.717, 1.165) is 59.6 Å². The van der Waals surface area contributed by atoms with Gasteiger partial charge in [-0.05, 0) is 36.3 Å². The van der Waals surface area contributed by atoms with E-state index >= 15 is 0 Å². The van der Waals surface area contributed by atoms with Crippen molar-refractivity contribution in [1.29, 1.82) is 0 Å². The van der Waals surface area contributed by atoms with E-state index < -0.39 is 0 Å². The number of para-hydroxylation sites is 1. The van der Waals surface area contributed by atoms with Gasteiger partial charge in [0.05, 0.1) is 31.1 Å². The van der Waals surface area contributed by atoms with E-state index in [1.165, 1.54) is 6.42 Å². The quantitative estimate of drug-likeness (QED) is 0.172. The summed E-state index contributed by atoms with van der Waals surface area (Å²) in [7, 11) is 0. The predicted octanol–water partition coefficient (Wildman–Crippen LogP) is 6.59. The molecule has 0 atom stereocenters. The lowest BCUT2D eigenvalue weighted by Gasteiger charge is -2.28. The number of nitrogens with one attached hydrogen (secondary N) is 1. The van der Waals surface area contributed by atoms with Crippen LogP contribution < -0.4 is 10.2 Å². The molecule has 2 heterocycles. The van der Waals surface area contributed by atoms with Crippen LogP contribution in [-0.2, 0) is 32.2 Å². The molecule has 2 aromatic carbocycles. The number of unbranched alkanes of at least 4 members (excludes halogenated alkanes) is 1. The SMILES string of the molecule is CC(C)CCCCn1nnc2c1-c1ccccc1N(C(=O)CCC(=O)NCCOCCC(=O)CCC(C)C)Cc1ccccc1-2. The average molecular weight is 616 g/mol. The number of amides is 2. The first-order valence-electron chi connectivity index (χ1n) is 16.5. The molecular weight excluding hydrogens is 566 g/mol. The monoisotopic (exact) mass is 615 g/mol. The minimum absolute atomic E-state index is 0.0765. The van der Waals surface area contributed by atoms with Gasteiger partial charge >= 0.3 is 0 Å². The standard InChI is InChI=1S/C36H49N5O4/c1-26(2)11-9-10-22-41-36-31-14-7-8-15-32(31)40(25-28-12-5-6-13-30(28)35(36)38-39-41)34(44)19-18-33(43)37-21-24-45-23-20-29(42)17-16-27(3)4/h5-8,12-15,26-27H,9-11,16-25H2,1-4H3,(H,37,43). The third kappa shape index (κ3) is 9.82. The smallest absolute Gasteiger partial charge is 0.227 e. The summed E-state index contributed by atoms with van der Waals surface area (Å²) in [6, 6.07) is 15.9. The number of aromatic nitrogens is 3. The number of rotatable bonds is 17. The fourth-order valence-electron chi connectivity index (χ4n) is 5.58. The van der Waals surface area contributed by atoms with Crippen LogP contribution in [0.4, 0.5) is 5.69 Å². The van der Waals surface area contributed by atoms with E-state index in [0.29, 0.717) is 51.0 Å². The highest BCUT2D eigenvalue weighted by Gasteiger charge is 2.29. The van der Waals surface area contributed by atoms with Gasteiger partial charge in [0.25, 0.3) is 0 Å². The molecule has 0 fully saturated rings. The molecule has 45 heavy (non-hydrogen) atoms. The van der Waals surface area contributed by atoms with E-state index in [2.05, 4.69) is 43.3 Å². The summed E-state index contributed by atoms with van der Waals surface area (Å²) in [6.07, 6.45) is 5.30. The molecule has 9 nitrogen and oxygen atoms in total. The third-order valence-corrected chi connectivity index (χ3v) is 8.15. The summed E-state index contributed by atoms with van der Waals surface area (Å²) in [5, 5.41) is 12.1. The molecule has 0 bridgehead atoms. The summed E-state index contributed by atoms with van der Waals surface area (Å²) < 4.78 is 7.51. The van der Waals surface area contributed by atoms with Crippen LogP contribution in [0, 0.1) is 11.8 Å². The lowest BCUT2D eigenvalue weighted by atomic mass is 9.95. The van der Waals surface area contributed by atoms with Crippen molar-refractivity contribution in [3.63, 3.8) is 0 Å². The topological polar surface area (TPSA) is 106 Å². The number of carbonyl (C=O) groups excluding carboxylic acids is 3. The van der Waals surface area contributed by atoms with Crippen molar-refractivity contribution >= 4 is 23.3 Å². The van der Waals surface area contributed by atoms with E-state index in [1.807, 2.05) is 53.2 Å². The van der Waals surface area contributed by atoms with Gasteiger partial charge in [-0.3, -0.25) is 14.4 Å². The van der Waals surface area contributed by atoms with Crippen molar-refractivity contribution in [3.8, 4) is 22.5 Å². The maximum absolute atomic E-state index is 13.8. The van der Waals surface area contributed by atoms with Crippen LogP contribution in [0.5, 0.6) is 0 Å². The minimum atomic E-state index is -0.202. The Morgan fingerprint density at radius 3 is 2.36 bits per heavy atom. The van der Waals surface area contributed by atoms with Crippen LogP contribution in [0.2, 0.25) is 0 Å². The molecule has 0 saturated heterocycles. The maximum Gasteiger partial charge on any atom is 0.227 e. The van der Waals surface area contributed by atoms with Gasteiger partial charge in [0.2, 0.25) is 11.8 Å². The van der Waals surface area contributed by atoms with E-state index in [-0.39, 0.29) is 30.4 Å². The Hall–Kier alpha value is -3.85. The van der Waals surface area contributed by atoms with E-state index in [4.69, 9.17) is 4.74 Å². The second-order valence-corrected chi connectivity index (χ2v) is 12.7. The Kier molecular flexibility index (Phi) is 12.9. The zero-order valence-electron chi connectivity index (χ0n) is 27.4. The average Bonchev–Trinajstić information content (AvgIpc) is 3.43. The number of hydrogen-bond acceptors (Lipinski definition) is 6. The number of carbonyl (C=O) groups is 3. The first kappa shape index (κ1) is 34.0. The Balaban J connectivity index is 1.40. The van der Waals surface area contributed by atoms with Crippen molar-refractivity contribution in [2.24, 2.45) is 11.8 Å². The van der Waals surface area contributed by atoms with Crippen LogP contribution >= 0.6 is 0 Å². The summed E-state index contributed by atoms with van der Waals surface area (Å²) >= 11 is 0. The molecule has 0 radical (unpaired) electrons. The van der Waals surface area contributed by atoms with Gasteiger partial charge < -0.3 is 15.0 Å². The number of ether oxygens (including phenoxy) is 1. The first-order valence-corrected chi connectivity index (χ1v) is 16.5.